The second-order valence-electron chi connectivity index (χ2n) is 5.22. The van der Waals surface area contributed by atoms with Crippen LogP contribution in [0.5, 0.6) is 0 Å². The van der Waals surface area contributed by atoms with Crippen LogP contribution in [0.3, 0.4) is 0 Å². The Morgan fingerprint density at radius 2 is 2.00 bits per heavy atom. The molecule has 0 atom stereocenters. The standard InChI is InChI=1S/C15H22ClN3O2/c1-3-4-18-5-7-19(8-6-18)14-12(15(20)21-2)9-11(17)10-13(14)16/h9-10H,3-8,17H2,1-2H3. The molecular formula is C15H22ClN3O2. The first-order chi connectivity index (χ1) is 10.1. The van der Waals surface area contributed by atoms with E-state index in [4.69, 9.17) is 22.1 Å². The highest BCUT2D eigenvalue weighted by Gasteiger charge is 2.24. The number of esters is 1. The van der Waals surface area contributed by atoms with Gasteiger partial charge in [0.15, 0.2) is 0 Å². The number of anilines is 2. The number of rotatable bonds is 4. The molecule has 0 spiro atoms. The third-order valence-corrected chi connectivity index (χ3v) is 4.01. The second kappa shape index (κ2) is 7.00. The molecule has 1 aliphatic rings. The number of piperazine rings is 1. The van der Waals surface area contributed by atoms with Crippen LogP contribution in [0.25, 0.3) is 0 Å². The van der Waals surface area contributed by atoms with Gasteiger partial charge < -0.3 is 15.4 Å². The Labute approximate surface area is 130 Å². The largest absolute Gasteiger partial charge is 0.465 e. The number of hydrogen-bond acceptors (Lipinski definition) is 5. The van der Waals surface area contributed by atoms with Gasteiger partial charge in [-0.1, -0.05) is 18.5 Å². The van der Waals surface area contributed by atoms with Crippen LogP contribution in [-0.2, 0) is 4.74 Å². The number of carbonyl (C=O) groups excluding carboxylic acids is 1. The minimum Gasteiger partial charge on any atom is -0.465 e. The van der Waals surface area contributed by atoms with Gasteiger partial charge >= 0.3 is 5.97 Å². The van der Waals surface area contributed by atoms with Crippen LogP contribution in [0.4, 0.5) is 11.4 Å². The van der Waals surface area contributed by atoms with E-state index in [2.05, 4.69) is 16.7 Å². The highest BCUT2D eigenvalue weighted by molar-refractivity contribution is 6.34. The number of carbonyl (C=O) groups is 1. The van der Waals surface area contributed by atoms with Gasteiger partial charge in [0.05, 0.1) is 23.4 Å². The molecule has 1 heterocycles. The summed E-state index contributed by atoms with van der Waals surface area (Å²) in [5, 5.41) is 0.499. The summed E-state index contributed by atoms with van der Waals surface area (Å²) in [5.74, 6) is -0.407. The van der Waals surface area contributed by atoms with Crippen molar-refractivity contribution < 1.29 is 9.53 Å². The molecule has 0 aromatic heterocycles. The molecule has 2 rings (SSSR count). The zero-order chi connectivity index (χ0) is 15.4. The lowest BCUT2D eigenvalue weighted by molar-refractivity contribution is 0.0601. The molecule has 0 aliphatic carbocycles. The van der Waals surface area contributed by atoms with E-state index in [-0.39, 0.29) is 0 Å². The average Bonchev–Trinajstić information content (AvgIpc) is 2.47. The van der Waals surface area contributed by atoms with Gasteiger partial charge in [0.1, 0.15) is 0 Å². The van der Waals surface area contributed by atoms with Crippen molar-refractivity contribution in [2.75, 3.05) is 50.5 Å². The van der Waals surface area contributed by atoms with Crippen molar-refractivity contribution in [3.05, 3.63) is 22.7 Å². The Morgan fingerprint density at radius 1 is 1.33 bits per heavy atom. The first-order valence-corrected chi connectivity index (χ1v) is 7.59. The highest BCUT2D eigenvalue weighted by Crippen LogP contribution is 2.33. The molecule has 21 heavy (non-hydrogen) atoms. The summed E-state index contributed by atoms with van der Waals surface area (Å²) in [4.78, 5) is 16.5. The Balaban J connectivity index is 2.25. The molecule has 1 aromatic rings. The minimum absolute atomic E-state index is 0.407. The lowest BCUT2D eigenvalue weighted by Gasteiger charge is -2.37. The molecular weight excluding hydrogens is 290 g/mol. The average molecular weight is 312 g/mol. The predicted molar refractivity (Wildman–Crippen MR) is 86.1 cm³/mol. The molecule has 1 aliphatic heterocycles. The Hall–Kier alpha value is -1.46. The van der Waals surface area contributed by atoms with E-state index in [0.717, 1.165) is 44.8 Å². The van der Waals surface area contributed by atoms with Crippen molar-refractivity contribution in [3.8, 4) is 0 Å². The van der Waals surface area contributed by atoms with Crippen LogP contribution >= 0.6 is 11.6 Å². The van der Waals surface area contributed by atoms with Crippen molar-refractivity contribution in [2.45, 2.75) is 13.3 Å². The van der Waals surface area contributed by atoms with Crippen LogP contribution in [0, 0.1) is 0 Å². The van der Waals surface area contributed by atoms with E-state index in [1.54, 1.807) is 12.1 Å². The van der Waals surface area contributed by atoms with Gasteiger partial charge in [-0.25, -0.2) is 4.79 Å². The van der Waals surface area contributed by atoms with Crippen LogP contribution in [-0.4, -0.2) is 50.7 Å². The number of halogens is 1. The maximum absolute atomic E-state index is 12.0. The molecule has 1 aromatic carbocycles. The monoisotopic (exact) mass is 311 g/mol. The summed E-state index contributed by atoms with van der Waals surface area (Å²) < 4.78 is 4.85. The number of benzene rings is 1. The van der Waals surface area contributed by atoms with Crippen LogP contribution in [0.1, 0.15) is 23.7 Å². The van der Waals surface area contributed by atoms with Crippen LogP contribution in [0.2, 0.25) is 5.02 Å². The summed E-state index contributed by atoms with van der Waals surface area (Å²) in [7, 11) is 1.36. The topological polar surface area (TPSA) is 58.8 Å². The van der Waals surface area contributed by atoms with E-state index in [1.165, 1.54) is 7.11 Å². The van der Waals surface area contributed by atoms with Gasteiger partial charge in [0, 0.05) is 31.9 Å². The molecule has 6 heteroatoms. The van der Waals surface area contributed by atoms with E-state index in [9.17, 15) is 4.79 Å². The van der Waals surface area contributed by atoms with Crippen LogP contribution < -0.4 is 10.6 Å². The first-order valence-electron chi connectivity index (χ1n) is 7.21. The van der Waals surface area contributed by atoms with E-state index >= 15 is 0 Å². The van der Waals surface area contributed by atoms with Crippen molar-refractivity contribution in [2.24, 2.45) is 0 Å². The zero-order valence-electron chi connectivity index (χ0n) is 12.6. The maximum Gasteiger partial charge on any atom is 0.340 e. The van der Waals surface area contributed by atoms with Crippen molar-refractivity contribution >= 4 is 28.9 Å². The summed E-state index contributed by atoms with van der Waals surface area (Å²) in [6.07, 6.45) is 1.15. The number of ether oxygens (including phenoxy) is 1. The maximum atomic E-state index is 12.0. The normalized spacial score (nSPS) is 16.0. The third kappa shape index (κ3) is 3.60. The van der Waals surface area contributed by atoms with E-state index in [0.29, 0.717) is 16.3 Å². The number of methoxy groups -OCH3 is 1. The molecule has 5 nitrogen and oxygen atoms in total. The Bertz CT molecular complexity index is 514. The molecule has 0 bridgehead atoms. The fraction of sp³-hybridized carbons (Fsp3) is 0.533. The molecule has 116 valence electrons. The smallest absolute Gasteiger partial charge is 0.340 e. The SMILES string of the molecule is CCCN1CCN(c2c(Cl)cc(N)cc2C(=O)OC)CC1. The molecule has 0 radical (unpaired) electrons. The van der Waals surface area contributed by atoms with E-state index in [1.807, 2.05) is 0 Å². The second-order valence-corrected chi connectivity index (χ2v) is 5.63. The van der Waals surface area contributed by atoms with E-state index < -0.39 is 5.97 Å². The predicted octanol–water partition coefficient (Wildman–Crippen LogP) is 2.24. The van der Waals surface area contributed by atoms with Crippen molar-refractivity contribution in [1.82, 2.24) is 4.90 Å². The van der Waals surface area contributed by atoms with Gasteiger partial charge in [-0.3, -0.25) is 4.90 Å². The van der Waals surface area contributed by atoms with Gasteiger partial charge in [-0.05, 0) is 25.1 Å². The summed E-state index contributed by atoms with van der Waals surface area (Å²) in [5.41, 5.74) is 7.43. The Morgan fingerprint density at radius 3 is 2.57 bits per heavy atom. The van der Waals surface area contributed by atoms with Gasteiger partial charge in [-0.2, -0.15) is 0 Å². The lowest BCUT2D eigenvalue weighted by Crippen LogP contribution is -2.47. The summed E-state index contributed by atoms with van der Waals surface area (Å²) >= 11 is 6.32. The van der Waals surface area contributed by atoms with Gasteiger partial charge in [-0.15, -0.1) is 0 Å². The molecule has 2 N–H and O–H groups in total. The number of nitrogens with zero attached hydrogens (tertiary/aromatic N) is 2. The molecule has 0 amide bonds. The number of nitrogens with two attached hydrogens (primary N) is 1. The van der Waals surface area contributed by atoms with Crippen molar-refractivity contribution in [3.63, 3.8) is 0 Å². The quantitative estimate of drug-likeness (QED) is 0.682. The molecule has 0 unspecified atom stereocenters. The van der Waals surface area contributed by atoms with Gasteiger partial charge in [0.25, 0.3) is 0 Å². The highest BCUT2D eigenvalue weighted by atomic mass is 35.5. The Kier molecular flexibility index (Phi) is 5.31. The van der Waals surface area contributed by atoms with Gasteiger partial charge in [0.2, 0.25) is 0 Å². The molecule has 1 saturated heterocycles. The zero-order valence-corrected chi connectivity index (χ0v) is 13.3. The molecule has 0 saturated carbocycles. The third-order valence-electron chi connectivity index (χ3n) is 3.72. The lowest BCUT2D eigenvalue weighted by atomic mass is 10.1. The number of hydrogen-bond donors (Lipinski definition) is 1. The fourth-order valence-corrected chi connectivity index (χ4v) is 3.07. The minimum atomic E-state index is -0.407. The first kappa shape index (κ1) is 15.9. The van der Waals surface area contributed by atoms with Crippen molar-refractivity contribution in [1.29, 1.82) is 0 Å². The van der Waals surface area contributed by atoms with Crippen LogP contribution in [0.15, 0.2) is 12.1 Å². The number of nitrogen functional groups attached to an aromatic ring is 1. The summed E-state index contributed by atoms with van der Waals surface area (Å²) in [6, 6.07) is 3.31. The fourth-order valence-electron chi connectivity index (χ4n) is 2.72. The molecule has 1 fully saturated rings. The summed E-state index contributed by atoms with van der Waals surface area (Å²) in [6.45, 7) is 6.90.